The van der Waals surface area contributed by atoms with E-state index in [0.29, 0.717) is 0 Å². The molecular formula is C46H32N6. The van der Waals surface area contributed by atoms with Crippen LogP contribution in [0.4, 0.5) is 68.2 Å². The SMILES string of the molecule is c1ccc(N2c3ccccc3N(c3cncc(-c4cncc(N5c6ccccc6N(c6ccccc6)c6ccccc65)c4)c3)c3ccccc32)cc1. The van der Waals surface area contributed by atoms with Crippen molar-refractivity contribution in [2.24, 2.45) is 0 Å². The van der Waals surface area contributed by atoms with Crippen molar-refractivity contribution in [2.45, 2.75) is 0 Å². The number of benzene rings is 6. The molecule has 246 valence electrons. The first-order valence-corrected chi connectivity index (χ1v) is 17.4. The monoisotopic (exact) mass is 668 g/mol. The number of hydrogen-bond donors (Lipinski definition) is 0. The van der Waals surface area contributed by atoms with Gasteiger partial charge >= 0.3 is 0 Å². The van der Waals surface area contributed by atoms with Gasteiger partial charge in [0.25, 0.3) is 0 Å². The molecule has 0 spiro atoms. The minimum absolute atomic E-state index is 0.975. The maximum absolute atomic E-state index is 4.81. The van der Waals surface area contributed by atoms with Crippen LogP contribution < -0.4 is 19.6 Å². The van der Waals surface area contributed by atoms with E-state index in [1.807, 2.05) is 24.8 Å². The lowest BCUT2D eigenvalue weighted by molar-refractivity contribution is 1.15. The summed E-state index contributed by atoms with van der Waals surface area (Å²) >= 11 is 0. The molecule has 6 nitrogen and oxygen atoms in total. The Morgan fingerprint density at radius 1 is 0.250 bits per heavy atom. The van der Waals surface area contributed by atoms with Crippen LogP contribution in [0, 0.1) is 0 Å². The van der Waals surface area contributed by atoms with Gasteiger partial charge in [-0.3, -0.25) is 9.97 Å². The van der Waals surface area contributed by atoms with Gasteiger partial charge in [-0.05, 0) is 84.9 Å². The Hall–Kier alpha value is -7.18. The van der Waals surface area contributed by atoms with Crippen molar-refractivity contribution >= 4 is 68.2 Å². The van der Waals surface area contributed by atoms with Crippen molar-refractivity contribution in [3.63, 3.8) is 0 Å². The Labute approximate surface area is 302 Å². The van der Waals surface area contributed by atoms with E-state index in [-0.39, 0.29) is 0 Å². The molecule has 0 radical (unpaired) electrons. The second-order valence-corrected chi connectivity index (χ2v) is 12.8. The van der Waals surface area contributed by atoms with Crippen LogP contribution >= 0.6 is 0 Å². The van der Waals surface area contributed by atoms with Crippen LogP contribution in [-0.2, 0) is 0 Å². The van der Waals surface area contributed by atoms with E-state index < -0.39 is 0 Å². The number of pyridine rings is 2. The molecule has 0 unspecified atom stereocenters. The molecule has 10 rings (SSSR count). The summed E-state index contributed by atoms with van der Waals surface area (Å²) in [5.41, 5.74) is 14.9. The van der Waals surface area contributed by atoms with E-state index in [4.69, 9.17) is 9.97 Å². The first-order valence-electron chi connectivity index (χ1n) is 17.4. The summed E-state index contributed by atoms with van der Waals surface area (Å²) in [7, 11) is 0. The van der Waals surface area contributed by atoms with Gasteiger partial charge in [0.2, 0.25) is 0 Å². The van der Waals surface area contributed by atoms with Crippen LogP contribution in [-0.4, -0.2) is 9.97 Å². The molecule has 2 aliphatic rings. The fourth-order valence-electron chi connectivity index (χ4n) is 7.57. The molecule has 0 saturated heterocycles. The summed E-state index contributed by atoms with van der Waals surface area (Å²) in [5, 5.41) is 0. The lowest BCUT2D eigenvalue weighted by Gasteiger charge is -2.40. The highest BCUT2D eigenvalue weighted by molar-refractivity contribution is 6.03. The minimum atomic E-state index is 0.975. The fraction of sp³-hybridized carbons (Fsp3) is 0. The van der Waals surface area contributed by atoms with Crippen LogP contribution in [0.5, 0.6) is 0 Å². The van der Waals surface area contributed by atoms with Crippen molar-refractivity contribution in [2.75, 3.05) is 19.6 Å². The quantitative estimate of drug-likeness (QED) is 0.182. The van der Waals surface area contributed by atoms with E-state index in [2.05, 4.69) is 189 Å². The molecular weight excluding hydrogens is 637 g/mol. The molecule has 0 N–H and O–H groups in total. The Kier molecular flexibility index (Phi) is 7.03. The topological polar surface area (TPSA) is 38.7 Å². The predicted octanol–water partition coefficient (Wildman–Crippen LogP) is 12.6. The fourth-order valence-corrected chi connectivity index (χ4v) is 7.57. The third-order valence-corrected chi connectivity index (χ3v) is 9.78. The van der Waals surface area contributed by atoms with Gasteiger partial charge in [-0.15, -0.1) is 0 Å². The Balaban J connectivity index is 1.08. The second kappa shape index (κ2) is 12.3. The average molecular weight is 669 g/mol. The zero-order valence-electron chi connectivity index (χ0n) is 28.2. The molecule has 0 saturated carbocycles. The van der Waals surface area contributed by atoms with Gasteiger partial charge in [-0.2, -0.15) is 0 Å². The van der Waals surface area contributed by atoms with Gasteiger partial charge in [-0.25, -0.2) is 0 Å². The summed E-state index contributed by atoms with van der Waals surface area (Å²) < 4.78 is 0. The highest BCUT2D eigenvalue weighted by Crippen LogP contribution is 2.55. The number of rotatable bonds is 5. The Bertz CT molecular complexity index is 2290. The molecule has 8 aromatic rings. The van der Waals surface area contributed by atoms with Crippen LogP contribution in [0.15, 0.2) is 195 Å². The van der Waals surface area contributed by atoms with Crippen LogP contribution in [0.2, 0.25) is 0 Å². The van der Waals surface area contributed by atoms with Crippen molar-refractivity contribution in [3.05, 3.63) is 195 Å². The Morgan fingerprint density at radius 3 is 0.788 bits per heavy atom. The van der Waals surface area contributed by atoms with Gasteiger partial charge in [0.15, 0.2) is 0 Å². The summed E-state index contributed by atoms with van der Waals surface area (Å²) in [6.07, 6.45) is 7.75. The summed E-state index contributed by atoms with van der Waals surface area (Å²) in [6.45, 7) is 0. The molecule has 0 atom stereocenters. The molecule has 0 aliphatic carbocycles. The highest BCUT2D eigenvalue weighted by atomic mass is 15.3. The normalized spacial score (nSPS) is 12.8. The van der Waals surface area contributed by atoms with Crippen LogP contribution in [0.3, 0.4) is 0 Å². The molecule has 0 amide bonds. The number of anilines is 12. The lowest BCUT2D eigenvalue weighted by Crippen LogP contribution is -2.24. The molecule has 6 aromatic carbocycles. The molecule has 2 aliphatic heterocycles. The van der Waals surface area contributed by atoms with Crippen LogP contribution in [0.1, 0.15) is 0 Å². The largest absolute Gasteiger partial charge is 0.306 e. The number of nitrogens with zero attached hydrogens (tertiary/aromatic N) is 6. The van der Waals surface area contributed by atoms with Crippen molar-refractivity contribution in [1.82, 2.24) is 9.97 Å². The van der Waals surface area contributed by atoms with E-state index in [9.17, 15) is 0 Å². The smallest absolute Gasteiger partial charge is 0.0704 e. The maximum Gasteiger partial charge on any atom is 0.0704 e. The number of aromatic nitrogens is 2. The van der Waals surface area contributed by atoms with Gasteiger partial charge in [0.05, 0.1) is 69.3 Å². The molecule has 6 heteroatoms. The summed E-state index contributed by atoms with van der Waals surface area (Å²) in [5.74, 6) is 0. The zero-order chi connectivity index (χ0) is 34.4. The molecule has 0 bridgehead atoms. The van der Waals surface area contributed by atoms with Crippen molar-refractivity contribution < 1.29 is 0 Å². The zero-order valence-corrected chi connectivity index (χ0v) is 28.2. The first-order chi connectivity index (χ1) is 25.8. The van der Waals surface area contributed by atoms with Gasteiger partial charge in [-0.1, -0.05) is 84.9 Å². The van der Waals surface area contributed by atoms with Crippen LogP contribution in [0.25, 0.3) is 11.1 Å². The molecule has 2 aromatic heterocycles. The minimum Gasteiger partial charge on any atom is -0.306 e. The average Bonchev–Trinajstić information content (AvgIpc) is 3.22. The third kappa shape index (κ3) is 4.81. The standard InChI is InChI=1S/C46H32N6/c1-3-15-35(16-4-1)49-39-19-7-11-23-43(39)51(44-24-12-8-20-40(44)49)37-27-33(29-47-31-37)34-28-38(32-48-30-34)52-45-25-13-9-21-41(45)50(36-17-5-2-6-18-36)42-22-10-14-26-46(42)52/h1-32H. The molecule has 4 heterocycles. The Morgan fingerprint density at radius 2 is 0.500 bits per heavy atom. The first kappa shape index (κ1) is 29.7. The van der Waals surface area contributed by atoms with E-state index >= 15 is 0 Å². The summed E-state index contributed by atoms with van der Waals surface area (Å²) in [4.78, 5) is 18.9. The van der Waals surface area contributed by atoms with E-state index in [1.54, 1.807) is 0 Å². The molecule has 52 heavy (non-hydrogen) atoms. The number of fused-ring (bicyclic) bond motifs is 4. The van der Waals surface area contributed by atoms with Gasteiger partial charge in [0, 0.05) is 34.9 Å². The van der Waals surface area contributed by atoms with E-state index in [1.165, 1.54) is 0 Å². The van der Waals surface area contributed by atoms with Crippen molar-refractivity contribution in [1.29, 1.82) is 0 Å². The molecule has 0 fully saturated rings. The van der Waals surface area contributed by atoms with Gasteiger partial charge < -0.3 is 19.6 Å². The predicted molar refractivity (Wildman–Crippen MR) is 213 cm³/mol. The lowest BCUT2D eigenvalue weighted by atomic mass is 10.0. The number of hydrogen-bond acceptors (Lipinski definition) is 6. The second-order valence-electron chi connectivity index (χ2n) is 12.8. The highest BCUT2D eigenvalue weighted by Gasteiger charge is 2.32. The van der Waals surface area contributed by atoms with E-state index in [0.717, 1.165) is 79.4 Å². The maximum atomic E-state index is 4.81. The summed E-state index contributed by atoms with van der Waals surface area (Å²) in [6, 6.07) is 59.8. The number of para-hydroxylation sites is 10. The van der Waals surface area contributed by atoms with Crippen molar-refractivity contribution in [3.8, 4) is 11.1 Å². The third-order valence-electron chi connectivity index (χ3n) is 9.78. The van der Waals surface area contributed by atoms with Gasteiger partial charge in [0.1, 0.15) is 0 Å².